The van der Waals surface area contributed by atoms with Gasteiger partial charge in [-0.15, -0.1) is 0 Å². The van der Waals surface area contributed by atoms with Crippen molar-refractivity contribution in [2.24, 2.45) is 0 Å². The van der Waals surface area contributed by atoms with Gasteiger partial charge >= 0.3 is 12.1 Å². The predicted octanol–water partition coefficient (Wildman–Crippen LogP) is 4.15. The lowest BCUT2D eigenvalue weighted by Gasteiger charge is -2.33. The molecule has 35 heavy (non-hydrogen) atoms. The first-order chi connectivity index (χ1) is 16.9. The molecule has 1 amide bonds. The summed E-state index contributed by atoms with van der Waals surface area (Å²) in [4.78, 5) is 39.5. The molecule has 1 atom stereocenters. The largest absolute Gasteiger partial charge is 0.508 e. The van der Waals surface area contributed by atoms with Crippen molar-refractivity contribution >= 4 is 12.1 Å². The molecule has 4 rings (SSSR count). The SMILES string of the molecule is COC(=O)c1cn(-c2ccc(O)cc2C)c(C2CCCN(C(=O)OCc3ccccc3)C2)cc1=O. The first-order valence-electron chi connectivity index (χ1n) is 11.5. The van der Waals surface area contributed by atoms with Crippen molar-refractivity contribution in [2.75, 3.05) is 20.2 Å². The number of phenolic OH excluding ortho intramolecular Hbond substituents is 1. The van der Waals surface area contributed by atoms with Gasteiger partial charge in [-0.2, -0.15) is 0 Å². The van der Waals surface area contributed by atoms with Crippen LogP contribution < -0.4 is 5.43 Å². The lowest BCUT2D eigenvalue weighted by molar-refractivity contribution is 0.0598. The minimum atomic E-state index is -0.721. The number of carbonyl (C=O) groups is 2. The van der Waals surface area contributed by atoms with Crippen LogP contribution in [-0.2, 0) is 16.1 Å². The summed E-state index contributed by atoms with van der Waals surface area (Å²) in [5.74, 6) is -0.755. The Hall–Kier alpha value is -4.07. The van der Waals surface area contributed by atoms with Crippen LogP contribution in [0.3, 0.4) is 0 Å². The van der Waals surface area contributed by atoms with Crippen molar-refractivity contribution in [3.63, 3.8) is 0 Å². The average molecular weight is 477 g/mol. The molecule has 8 nitrogen and oxygen atoms in total. The van der Waals surface area contributed by atoms with Gasteiger partial charge in [-0.3, -0.25) is 4.79 Å². The Morgan fingerprint density at radius 1 is 1.11 bits per heavy atom. The normalized spacial score (nSPS) is 15.5. The second-order valence-corrected chi connectivity index (χ2v) is 8.63. The summed E-state index contributed by atoms with van der Waals surface area (Å²) in [5.41, 5.74) is 2.54. The summed E-state index contributed by atoms with van der Waals surface area (Å²) in [5, 5.41) is 9.86. The summed E-state index contributed by atoms with van der Waals surface area (Å²) >= 11 is 0. The quantitative estimate of drug-likeness (QED) is 0.556. The third kappa shape index (κ3) is 5.37. The number of esters is 1. The fourth-order valence-electron chi connectivity index (χ4n) is 4.44. The van der Waals surface area contributed by atoms with Crippen LogP contribution in [0.1, 0.15) is 45.9 Å². The fourth-order valence-corrected chi connectivity index (χ4v) is 4.44. The smallest absolute Gasteiger partial charge is 0.410 e. The van der Waals surface area contributed by atoms with E-state index in [1.54, 1.807) is 27.7 Å². The summed E-state index contributed by atoms with van der Waals surface area (Å²) < 4.78 is 12.1. The highest BCUT2D eigenvalue weighted by Crippen LogP contribution is 2.30. The number of pyridine rings is 1. The van der Waals surface area contributed by atoms with Gasteiger partial charge in [0.1, 0.15) is 17.9 Å². The van der Waals surface area contributed by atoms with E-state index < -0.39 is 17.5 Å². The average Bonchev–Trinajstić information content (AvgIpc) is 2.87. The number of aromatic hydroxyl groups is 1. The van der Waals surface area contributed by atoms with Crippen LogP contribution in [0.4, 0.5) is 4.79 Å². The molecular formula is C27H28N2O6. The Morgan fingerprint density at radius 2 is 1.89 bits per heavy atom. The highest BCUT2D eigenvalue weighted by molar-refractivity contribution is 5.89. The number of methoxy groups -OCH3 is 1. The van der Waals surface area contributed by atoms with E-state index in [4.69, 9.17) is 9.47 Å². The molecule has 1 aliphatic heterocycles. The van der Waals surface area contributed by atoms with E-state index in [0.29, 0.717) is 24.5 Å². The number of likely N-dealkylation sites (tertiary alicyclic amines) is 1. The van der Waals surface area contributed by atoms with Gasteiger partial charge in [-0.05, 0) is 49.1 Å². The van der Waals surface area contributed by atoms with Crippen molar-refractivity contribution in [1.29, 1.82) is 0 Å². The highest BCUT2D eigenvalue weighted by atomic mass is 16.6. The number of nitrogens with zero attached hydrogens (tertiary/aromatic N) is 2. The maximum Gasteiger partial charge on any atom is 0.410 e. The Labute approximate surface area is 203 Å². The second-order valence-electron chi connectivity index (χ2n) is 8.63. The monoisotopic (exact) mass is 476 g/mol. The lowest BCUT2D eigenvalue weighted by Crippen LogP contribution is -2.40. The fraction of sp³-hybridized carbons (Fsp3) is 0.296. The zero-order chi connectivity index (χ0) is 24.9. The molecule has 8 heteroatoms. The van der Waals surface area contributed by atoms with Gasteiger partial charge in [-0.1, -0.05) is 30.3 Å². The van der Waals surface area contributed by atoms with Gasteiger partial charge in [0.2, 0.25) is 0 Å². The number of aryl methyl sites for hydroxylation is 1. The number of phenols is 1. The van der Waals surface area contributed by atoms with Crippen molar-refractivity contribution in [3.8, 4) is 11.4 Å². The van der Waals surface area contributed by atoms with Crippen LogP contribution in [0, 0.1) is 6.92 Å². The summed E-state index contributed by atoms with van der Waals surface area (Å²) in [6.07, 6.45) is 2.58. The Balaban J connectivity index is 1.64. The molecule has 2 aromatic carbocycles. The molecule has 0 aliphatic carbocycles. The Morgan fingerprint density at radius 3 is 2.60 bits per heavy atom. The van der Waals surface area contributed by atoms with Crippen molar-refractivity contribution < 1.29 is 24.2 Å². The van der Waals surface area contributed by atoms with E-state index in [1.807, 2.05) is 37.3 Å². The zero-order valence-corrected chi connectivity index (χ0v) is 19.8. The van der Waals surface area contributed by atoms with Crippen LogP contribution in [0.5, 0.6) is 5.75 Å². The summed E-state index contributed by atoms with van der Waals surface area (Å²) in [7, 11) is 1.23. The number of amides is 1. The van der Waals surface area contributed by atoms with Crippen LogP contribution in [0.15, 0.2) is 65.6 Å². The minimum Gasteiger partial charge on any atom is -0.508 e. The Bertz CT molecular complexity index is 1280. The molecule has 1 N–H and O–H groups in total. The number of hydrogen-bond donors (Lipinski definition) is 1. The third-order valence-corrected chi connectivity index (χ3v) is 6.23. The van der Waals surface area contributed by atoms with Crippen molar-refractivity contribution in [1.82, 2.24) is 9.47 Å². The molecule has 1 fully saturated rings. The number of benzene rings is 2. The van der Waals surface area contributed by atoms with Gasteiger partial charge in [0.15, 0.2) is 5.43 Å². The standard InChI is InChI=1S/C27H28N2O6/c1-18-13-21(30)10-11-23(18)29-16-22(26(32)34-2)25(31)14-24(29)20-9-6-12-28(15-20)27(33)35-17-19-7-4-3-5-8-19/h3-5,7-8,10-11,13-14,16,20,30H,6,9,12,15,17H2,1-2H3. The molecule has 1 unspecified atom stereocenters. The van der Waals surface area contributed by atoms with Gasteiger partial charge in [0.05, 0.1) is 7.11 Å². The van der Waals surface area contributed by atoms with Crippen LogP contribution in [-0.4, -0.2) is 46.8 Å². The van der Waals surface area contributed by atoms with Gasteiger partial charge in [-0.25, -0.2) is 9.59 Å². The molecule has 1 aliphatic rings. The molecular weight excluding hydrogens is 448 g/mol. The maximum absolute atomic E-state index is 12.8. The van der Waals surface area contributed by atoms with E-state index in [-0.39, 0.29) is 23.8 Å². The highest BCUT2D eigenvalue weighted by Gasteiger charge is 2.29. The zero-order valence-electron chi connectivity index (χ0n) is 19.8. The van der Waals surface area contributed by atoms with Crippen LogP contribution >= 0.6 is 0 Å². The molecule has 1 saturated heterocycles. The summed E-state index contributed by atoms with van der Waals surface area (Å²) in [6.45, 7) is 2.96. The minimum absolute atomic E-state index is 0.0846. The van der Waals surface area contributed by atoms with E-state index in [2.05, 4.69) is 0 Å². The van der Waals surface area contributed by atoms with Crippen LogP contribution in [0.25, 0.3) is 5.69 Å². The van der Waals surface area contributed by atoms with Crippen molar-refractivity contribution in [2.45, 2.75) is 32.3 Å². The number of piperidine rings is 1. The molecule has 3 aromatic rings. The van der Waals surface area contributed by atoms with Gasteiger partial charge < -0.3 is 24.0 Å². The molecule has 0 saturated carbocycles. The molecule has 2 heterocycles. The molecule has 1 aromatic heterocycles. The van der Waals surface area contributed by atoms with Crippen LogP contribution in [0.2, 0.25) is 0 Å². The number of carbonyl (C=O) groups excluding carboxylic acids is 2. The van der Waals surface area contributed by atoms with E-state index >= 15 is 0 Å². The first kappa shape index (κ1) is 24.1. The van der Waals surface area contributed by atoms with Gasteiger partial charge in [0, 0.05) is 42.7 Å². The predicted molar refractivity (Wildman–Crippen MR) is 130 cm³/mol. The molecule has 182 valence electrons. The number of rotatable bonds is 5. The van der Waals surface area contributed by atoms with E-state index in [1.165, 1.54) is 19.4 Å². The van der Waals surface area contributed by atoms with Crippen molar-refractivity contribution in [3.05, 3.63) is 93.4 Å². The first-order valence-corrected chi connectivity index (χ1v) is 11.5. The molecule has 0 spiro atoms. The van der Waals surface area contributed by atoms with Gasteiger partial charge in [0.25, 0.3) is 0 Å². The third-order valence-electron chi connectivity index (χ3n) is 6.23. The second kappa shape index (κ2) is 10.5. The maximum atomic E-state index is 12.8. The number of ether oxygens (including phenoxy) is 2. The lowest BCUT2D eigenvalue weighted by atomic mass is 9.93. The Kier molecular flexibility index (Phi) is 7.19. The van der Waals surface area contributed by atoms with E-state index in [0.717, 1.165) is 24.0 Å². The summed E-state index contributed by atoms with van der Waals surface area (Å²) in [6, 6.07) is 15.8. The van der Waals surface area contributed by atoms with E-state index in [9.17, 15) is 19.5 Å². The molecule has 0 bridgehead atoms. The molecule has 0 radical (unpaired) electrons. The topological polar surface area (TPSA) is 98.1 Å². The number of aromatic nitrogens is 1. The number of hydrogen-bond acceptors (Lipinski definition) is 6.